The summed E-state index contributed by atoms with van der Waals surface area (Å²) in [5.74, 6) is 0.307. The summed E-state index contributed by atoms with van der Waals surface area (Å²) in [7, 11) is 0. The molecule has 1 saturated heterocycles. The van der Waals surface area contributed by atoms with Gasteiger partial charge in [-0.25, -0.2) is 4.98 Å². The topological polar surface area (TPSA) is 66.7 Å². The first-order valence-electron chi connectivity index (χ1n) is 10.5. The summed E-state index contributed by atoms with van der Waals surface area (Å²) < 4.78 is 2.04. The third-order valence-corrected chi connectivity index (χ3v) is 6.53. The molecular formula is C24H24N4O2S2. The first-order chi connectivity index (χ1) is 15.5. The predicted octanol–water partition coefficient (Wildman–Crippen LogP) is 4.27. The number of thioether (sulfide) groups is 1. The van der Waals surface area contributed by atoms with Gasteiger partial charge in [-0.05, 0) is 43.0 Å². The van der Waals surface area contributed by atoms with Crippen LogP contribution in [0.5, 0.6) is 0 Å². The van der Waals surface area contributed by atoms with Crippen LogP contribution in [0, 0.1) is 6.92 Å². The summed E-state index contributed by atoms with van der Waals surface area (Å²) in [6, 6.07) is 13.9. The van der Waals surface area contributed by atoms with Gasteiger partial charge in [0.25, 0.3) is 11.5 Å². The number of hydrogen-bond donors (Lipinski definition) is 1. The Morgan fingerprint density at radius 3 is 2.69 bits per heavy atom. The van der Waals surface area contributed by atoms with Crippen LogP contribution in [0.1, 0.15) is 30.0 Å². The quantitative estimate of drug-likeness (QED) is 0.416. The number of amides is 1. The molecule has 0 unspecified atom stereocenters. The Labute approximate surface area is 196 Å². The van der Waals surface area contributed by atoms with E-state index < -0.39 is 0 Å². The number of anilines is 1. The van der Waals surface area contributed by atoms with Gasteiger partial charge in [0.15, 0.2) is 0 Å². The Hall–Kier alpha value is -2.97. The van der Waals surface area contributed by atoms with Crippen molar-refractivity contribution in [3.8, 4) is 0 Å². The molecule has 0 atom stereocenters. The highest BCUT2D eigenvalue weighted by atomic mass is 32.2. The molecule has 0 aliphatic carbocycles. The normalized spacial score (nSPS) is 15.2. The lowest BCUT2D eigenvalue weighted by Crippen LogP contribution is -2.28. The number of hydrogen-bond acceptors (Lipinski definition) is 6. The van der Waals surface area contributed by atoms with Crippen molar-refractivity contribution in [1.29, 1.82) is 0 Å². The molecule has 1 amide bonds. The van der Waals surface area contributed by atoms with Crippen LogP contribution in [-0.4, -0.2) is 37.6 Å². The Morgan fingerprint density at radius 1 is 1.16 bits per heavy atom. The molecule has 4 rings (SSSR count). The number of rotatable bonds is 7. The average Bonchev–Trinajstić information content (AvgIpc) is 3.05. The zero-order valence-electron chi connectivity index (χ0n) is 18.0. The van der Waals surface area contributed by atoms with Crippen LogP contribution in [0.15, 0.2) is 58.4 Å². The van der Waals surface area contributed by atoms with E-state index in [9.17, 15) is 9.59 Å². The number of nitrogens with zero attached hydrogens (tertiary/aromatic N) is 3. The minimum atomic E-state index is -0.221. The number of carbonyl (C=O) groups is 1. The van der Waals surface area contributed by atoms with Crippen molar-refractivity contribution >= 4 is 51.7 Å². The number of pyridine rings is 1. The summed E-state index contributed by atoms with van der Waals surface area (Å²) in [6.07, 6.45) is 4.99. The second-order valence-electron chi connectivity index (χ2n) is 7.61. The van der Waals surface area contributed by atoms with Crippen LogP contribution < -0.4 is 10.9 Å². The van der Waals surface area contributed by atoms with Crippen molar-refractivity contribution in [3.05, 3.63) is 80.6 Å². The fraction of sp³-hybridized carbons (Fsp3) is 0.250. The molecule has 0 spiro atoms. The second kappa shape index (κ2) is 9.67. The molecule has 0 bridgehead atoms. The molecule has 1 aliphatic heterocycles. The molecule has 2 aromatic heterocycles. The van der Waals surface area contributed by atoms with Crippen LogP contribution in [0.4, 0.5) is 5.82 Å². The van der Waals surface area contributed by atoms with Crippen LogP contribution in [0.3, 0.4) is 0 Å². The molecule has 0 saturated carbocycles. The lowest BCUT2D eigenvalue weighted by molar-refractivity contribution is -0.122. The van der Waals surface area contributed by atoms with Crippen molar-refractivity contribution in [1.82, 2.24) is 14.3 Å². The van der Waals surface area contributed by atoms with E-state index in [1.54, 1.807) is 17.2 Å². The monoisotopic (exact) mass is 464 g/mol. The van der Waals surface area contributed by atoms with Gasteiger partial charge in [0.05, 0.1) is 10.5 Å². The summed E-state index contributed by atoms with van der Waals surface area (Å²) in [4.78, 5) is 33.0. The molecule has 1 fully saturated rings. The van der Waals surface area contributed by atoms with Crippen molar-refractivity contribution < 1.29 is 4.79 Å². The molecule has 32 heavy (non-hydrogen) atoms. The van der Waals surface area contributed by atoms with Gasteiger partial charge in [-0.15, -0.1) is 0 Å². The molecule has 1 aromatic carbocycles. The number of aryl methyl sites for hydroxylation is 1. The highest BCUT2D eigenvalue weighted by Crippen LogP contribution is 2.33. The third kappa shape index (κ3) is 4.61. The Bertz CT molecular complexity index is 1270. The van der Waals surface area contributed by atoms with Crippen LogP contribution >= 0.6 is 24.0 Å². The number of nitrogens with one attached hydrogen (secondary N) is 1. The molecule has 0 radical (unpaired) electrons. The van der Waals surface area contributed by atoms with E-state index >= 15 is 0 Å². The fourth-order valence-electron chi connectivity index (χ4n) is 3.54. The van der Waals surface area contributed by atoms with Gasteiger partial charge in [0.2, 0.25) is 0 Å². The van der Waals surface area contributed by atoms with Crippen LogP contribution in [0.2, 0.25) is 0 Å². The molecular weight excluding hydrogens is 440 g/mol. The summed E-state index contributed by atoms with van der Waals surface area (Å²) >= 11 is 6.60. The van der Waals surface area contributed by atoms with Gasteiger partial charge < -0.3 is 5.32 Å². The summed E-state index contributed by atoms with van der Waals surface area (Å²) in [5.41, 5.74) is 2.83. The van der Waals surface area contributed by atoms with Gasteiger partial charge in [0.1, 0.15) is 15.8 Å². The van der Waals surface area contributed by atoms with Crippen molar-refractivity contribution in [2.24, 2.45) is 0 Å². The molecule has 1 aliphatic rings. The van der Waals surface area contributed by atoms with E-state index in [1.165, 1.54) is 21.7 Å². The molecule has 164 valence electrons. The fourth-order valence-corrected chi connectivity index (χ4v) is 4.83. The zero-order valence-corrected chi connectivity index (χ0v) is 19.6. The van der Waals surface area contributed by atoms with E-state index in [-0.39, 0.29) is 11.5 Å². The first-order valence-corrected chi connectivity index (χ1v) is 11.8. The van der Waals surface area contributed by atoms with E-state index in [0.29, 0.717) is 39.3 Å². The maximum atomic E-state index is 13.4. The minimum Gasteiger partial charge on any atom is -0.369 e. The maximum absolute atomic E-state index is 13.4. The highest BCUT2D eigenvalue weighted by Gasteiger charge is 2.32. The van der Waals surface area contributed by atoms with Gasteiger partial charge in [-0.2, -0.15) is 0 Å². The van der Waals surface area contributed by atoms with Crippen LogP contribution in [0.25, 0.3) is 11.7 Å². The molecule has 8 heteroatoms. The van der Waals surface area contributed by atoms with Gasteiger partial charge in [-0.1, -0.05) is 67.3 Å². The van der Waals surface area contributed by atoms with Crippen molar-refractivity contribution in [2.45, 2.75) is 26.7 Å². The van der Waals surface area contributed by atoms with Crippen molar-refractivity contribution in [3.63, 3.8) is 0 Å². The summed E-state index contributed by atoms with van der Waals surface area (Å²) in [5, 5.41) is 3.31. The van der Waals surface area contributed by atoms with Gasteiger partial charge in [-0.3, -0.25) is 18.9 Å². The first kappa shape index (κ1) is 22.2. The largest absolute Gasteiger partial charge is 0.369 e. The van der Waals surface area contributed by atoms with E-state index in [0.717, 1.165) is 18.4 Å². The number of thiocarbonyl (C=S) groups is 1. The van der Waals surface area contributed by atoms with E-state index in [1.807, 2.05) is 44.2 Å². The second-order valence-corrected chi connectivity index (χ2v) is 9.29. The molecule has 3 heterocycles. The number of carbonyl (C=O) groups excluding carboxylic acids is 1. The SMILES string of the molecule is CCCN1C(=O)C(=Cc2c(NCCc3ccccc3)nc3ccc(C)cn3c2=O)SC1=S. The average molecular weight is 465 g/mol. The number of aromatic nitrogens is 2. The highest BCUT2D eigenvalue weighted by molar-refractivity contribution is 8.26. The predicted molar refractivity (Wildman–Crippen MR) is 135 cm³/mol. The molecule has 3 aromatic rings. The Balaban J connectivity index is 1.73. The lowest BCUT2D eigenvalue weighted by atomic mass is 10.1. The van der Waals surface area contributed by atoms with E-state index in [4.69, 9.17) is 17.2 Å². The summed E-state index contributed by atoms with van der Waals surface area (Å²) in [6.45, 7) is 5.10. The smallest absolute Gasteiger partial charge is 0.267 e. The lowest BCUT2D eigenvalue weighted by Gasteiger charge is -2.13. The molecule has 6 nitrogen and oxygen atoms in total. The standard InChI is InChI=1S/C24H24N4O2S2/c1-3-13-27-23(30)19(32-24(27)31)14-18-21(25-12-11-17-7-5-4-6-8-17)26-20-10-9-16(2)15-28(20)22(18)29/h4-10,14-15,25H,3,11-13H2,1-2H3. The number of fused-ring (bicyclic) bond motifs is 1. The Kier molecular flexibility index (Phi) is 6.72. The maximum Gasteiger partial charge on any atom is 0.267 e. The third-order valence-electron chi connectivity index (χ3n) is 5.15. The van der Waals surface area contributed by atoms with Crippen LogP contribution in [-0.2, 0) is 11.2 Å². The van der Waals surface area contributed by atoms with E-state index in [2.05, 4.69) is 17.4 Å². The van der Waals surface area contributed by atoms with Crippen molar-refractivity contribution in [2.75, 3.05) is 18.4 Å². The Morgan fingerprint density at radius 2 is 1.94 bits per heavy atom. The zero-order chi connectivity index (χ0) is 22.7. The van der Waals surface area contributed by atoms with Gasteiger partial charge >= 0.3 is 0 Å². The number of benzene rings is 1. The molecule has 1 N–H and O–H groups in total. The minimum absolute atomic E-state index is 0.161. The van der Waals surface area contributed by atoms with Gasteiger partial charge in [0, 0.05) is 19.3 Å².